The van der Waals surface area contributed by atoms with E-state index in [0.717, 1.165) is 37.2 Å². The molecule has 0 aliphatic heterocycles. The summed E-state index contributed by atoms with van der Waals surface area (Å²) < 4.78 is 8.92. The molecule has 0 unspecified atom stereocenters. The molecule has 0 saturated carbocycles. The Balaban J connectivity index is 1.95. The van der Waals surface area contributed by atoms with E-state index in [1.165, 1.54) is 6.26 Å². The first kappa shape index (κ1) is 17.2. The van der Waals surface area contributed by atoms with Gasteiger partial charge in [0.05, 0.1) is 23.8 Å². The van der Waals surface area contributed by atoms with E-state index in [1.54, 1.807) is 16.7 Å². The maximum Gasteiger partial charge on any atom is 0.217 e. The van der Waals surface area contributed by atoms with Crippen molar-refractivity contribution in [2.45, 2.75) is 26.9 Å². The molecule has 2 aromatic heterocycles. The van der Waals surface area contributed by atoms with Crippen molar-refractivity contribution in [2.75, 3.05) is 19.6 Å². The van der Waals surface area contributed by atoms with Crippen LogP contribution in [0.25, 0.3) is 11.0 Å². The minimum Gasteiger partial charge on any atom is -0.461 e. The summed E-state index contributed by atoms with van der Waals surface area (Å²) in [6.45, 7) is 7.96. The van der Waals surface area contributed by atoms with Crippen LogP contribution < -0.4 is 5.62 Å². The molecule has 0 spiro atoms. The SMILES string of the molecule is CCN(CC)CCn1c(=N)n(CC(=O)c2ccco2)c2ccccc21. The largest absolute Gasteiger partial charge is 0.461 e. The molecule has 0 saturated heterocycles. The van der Waals surface area contributed by atoms with Crippen LogP contribution in [0.5, 0.6) is 0 Å². The third kappa shape index (κ3) is 3.44. The molecule has 0 aliphatic rings. The Hall–Kier alpha value is -2.60. The maximum absolute atomic E-state index is 12.4. The molecule has 132 valence electrons. The zero-order chi connectivity index (χ0) is 17.8. The van der Waals surface area contributed by atoms with Crippen molar-refractivity contribution in [1.29, 1.82) is 5.41 Å². The number of carbonyl (C=O) groups is 1. The van der Waals surface area contributed by atoms with Gasteiger partial charge in [0.1, 0.15) is 0 Å². The number of aromatic nitrogens is 2. The van der Waals surface area contributed by atoms with E-state index in [2.05, 4.69) is 18.7 Å². The summed E-state index contributed by atoms with van der Waals surface area (Å²) in [5, 5.41) is 8.58. The fourth-order valence-corrected chi connectivity index (χ4v) is 3.12. The molecule has 25 heavy (non-hydrogen) atoms. The lowest BCUT2D eigenvalue weighted by Gasteiger charge is -2.18. The number of carbonyl (C=O) groups excluding carboxylic acids is 1. The van der Waals surface area contributed by atoms with Crippen LogP contribution in [0.1, 0.15) is 24.4 Å². The topological polar surface area (TPSA) is 67.2 Å². The van der Waals surface area contributed by atoms with Gasteiger partial charge in [0.15, 0.2) is 5.76 Å². The van der Waals surface area contributed by atoms with E-state index in [-0.39, 0.29) is 12.3 Å². The van der Waals surface area contributed by atoms with E-state index >= 15 is 0 Å². The molecule has 0 radical (unpaired) electrons. The molecule has 1 N–H and O–H groups in total. The van der Waals surface area contributed by atoms with E-state index in [0.29, 0.717) is 11.4 Å². The molecule has 0 bridgehead atoms. The number of benzene rings is 1. The number of rotatable bonds is 8. The van der Waals surface area contributed by atoms with Gasteiger partial charge in [0, 0.05) is 13.1 Å². The highest BCUT2D eigenvalue weighted by molar-refractivity contribution is 5.94. The number of hydrogen-bond acceptors (Lipinski definition) is 4. The monoisotopic (exact) mass is 340 g/mol. The first-order valence-corrected chi connectivity index (χ1v) is 8.67. The number of ketones is 1. The Bertz CT molecular complexity index is 901. The number of imidazole rings is 1. The number of furan rings is 1. The average Bonchev–Trinajstić information content (AvgIpc) is 3.25. The molecule has 0 atom stereocenters. The van der Waals surface area contributed by atoms with Crippen LogP contribution in [-0.4, -0.2) is 39.5 Å². The number of fused-ring (bicyclic) bond motifs is 1. The van der Waals surface area contributed by atoms with Gasteiger partial charge in [-0.3, -0.25) is 10.2 Å². The molecule has 0 amide bonds. The number of nitrogens with one attached hydrogen (secondary N) is 1. The van der Waals surface area contributed by atoms with Gasteiger partial charge >= 0.3 is 0 Å². The minimum atomic E-state index is -0.129. The summed E-state index contributed by atoms with van der Waals surface area (Å²) >= 11 is 0. The van der Waals surface area contributed by atoms with Crippen molar-refractivity contribution in [3.8, 4) is 0 Å². The second kappa shape index (κ2) is 7.53. The zero-order valence-electron chi connectivity index (χ0n) is 14.7. The summed E-state index contributed by atoms with van der Waals surface area (Å²) in [4.78, 5) is 14.7. The van der Waals surface area contributed by atoms with Crippen molar-refractivity contribution in [1.82, 2.24) is 14.0 Å². The Morgan fingerprint density at radius 2 is 1.76 bits per heavy atom. The lowest BCUT2D eigenvalue weighted by molar-refractivity contribution is 0.0944. The van der Waals surface area contributed by atoms with Crippen molar-refractivity contribution in [3.63, 3.8) is 0 Å². The number of likely N-dealkylation sites (N-methyl/N-ethyl adjacent to an activating group) is 1. The van der Waals surface area contributed by atoms with Gasteiger partial charge in [-0.15, -0.1) is 0 Å². The van der Waals surface area contributed by atoms with Crippen molar-refractivity contribution >= 4 is 16.8 Å². The van der Waals surface area contributed by atoms with E-state index in [4.69, 9.17) is 9.83 Å². The lowest BCUT2D eigenvalue weighted by atomic mass is 10.3. The smallest absolute Gasteiger partial charge is 0.217 e. The third-order valence-corrected chi connectivity index (χ3v) is 4.61. The third-order valence-electron chi connectivity index (χ3n) is 4.61. The highest BCUT2D eigenvalue weighted by atomic mass is 16.3. The van der Waals surface area contributed by atoms with Crippen LogP contribution in [0, 0.1) is 5.41 Å². The standard InChI is InChI=1S/C19H24N4O2/c1-3-21(4-2)11-12-22-15-8-5-6-9-16(15)23(19(22)20)14-17(24)18-10-7-13-25-18/h5-10,13,20H,3-4,11-12,14H2,1-2H3. The molecular weight excluding hydrogens is 316 g/mol. The minimum absolute atomic E-state index is 0.102. The Morgan fingerprint density at radius 1 is 1.08 bits per heavy atom. The van der Waals surface area contributed by atoms with Crippen molar-refractivity contribution < 1.29 is 9.21 Å². The molecule has 2 heterocycles. The second-order valence-electron chi connectivity index (χ2n) is 5.98. The summed E-state index contributed by atoms with van der Waals surface area (Å²) in [5.74, 6) is 0.196. The molecular formula is C19H24N4O2. The highest BCUT2D eigenvalue weighted by Crippen LogP contribution is 2.14. The number of para-hydroxylation sites is 2. The second-order valence-corrected chi connectivity index (χ2v) is 5.98. The molecule has 1 aromatic carbocycles. The van der Waals surface area contributed by atoms with Gasteiger partial charge in [-0.2, -0.15) is 0 Å². The maximum atomic E-state index is 12.4. The van der Waals surface area contributed by atoms with Gasteiger partial charge in [0.25, 0.3) is 0 Å². The lowest BCUT2D eigenvalue weighted by Crippen LogP contribution is -2.32. The zero-order valence-corrected chi connectivity index (χ0v) is 14.7. The number of nitrogens with zero attached hydrogens (tertiary/aromatic N) is 3. The van der Waals surface area contributed by atoms with Crippen molar-refractivity contribution in [2.24, 2.45) is 0 Å². The summed E-state index contributed by atoms with van der Waals surface area (Å²) in [7, 11) is 0. The Morgan fingerprint density at radius 3 is 2.36 bits per heavy atom. The fourth-order valence-electron chi connectivity index (χ4n) is 3.12. The predicted octanol–water partition coefficient (Wildman–Crippen LogP) is 2.74. The van der Waals surface area contributed by atoms with Crippen LogP contribution in [0.2, 0.25) is 0 Å². The predicted molar refractivity (Wildman–Crippen MR) is 96.6 cm³/mol. The Kier molecular flexibility index (Phi) is 5.19. The van der Waals surface area contributed by atoms with E-state index < -0.39 is 0 Å². The van der Waals surface area contributed by atoms with Gasteiger partial charge in [-0.25, -0.2) is 0 Å². The summed E-state index contributed by atoms with van der Waals surface area (Å²) in [6, 6.07) is 11.2. The first-order valence-electron chi connectivity index (χ1n) is 8.67. The van der Waals surface area contributed by atoms with Gasteiger partial charge in [-0.05, 0) is 37.4 Å². The van der Waals surface area contributed by atoms with Crippen LogP contribution in [0.3, 0.4) is 0 Å². The van der Waals surface area contributed by atoms with Gasteiger partial charge in [-0.1, -0.05) is 26.0 Å². The number of Topliss-reactive ketones (excluding diaryl/α,β-unsaturated/α-hetero) is 1. The van der Waals surface area contributed by atoms with Crippen molar-refractivity contribution in [3.05, 3.63) is 54.0 Å². The normalized spacial score (nSPS) is 11.5. The molecule has 6 nitrogen and oxygen atoms in total. The molecule has 0 fully saturated rings. The summed E-state index contributed by atoms with van der Waals surface area (Å²) in [6.07, 6.45) is 1.49. The first-order chi connectivity index (χ1) is 12.2. The van der Waals surface area contributed by atoms with Crippen LogP contribution in [0.4, 0.5) is 0 Å². The Labute approximate surface area is 146 Å². The molecule has 3 rings (SSSR count). The van der Waals surface area contributed by atoms with Gasteiger partial charge < -0.3 is 18.5 Å². The van der Waals surface area contributed by atoms with Crippen LogP contribution in [-0.2, 0) is 13.1 Å². The average molecular weight is 340 g/mol. The quantitative estimate of drug-likeness (QED) is 0.641. The van der Waals surface area contributed by atoms with E-state index in [9.17, 15) is 4.79 Å². The van der Waals surface area contributed by atoms with E-state index in [1.807, 2.05) is 28.8 Å². The van der Waals surface area contributed by atoms with Crippen LogP contribution >= 0.6 is 0 Å². The fraction of sp³-hybridized carbons (Fsp3) is 0.368. The summed E-state index contributed by atoms with van der Waals surface area (Å²) in [5.41, 5.74) is 2.21. The number of hydrogen-bond donors (Lipinski definition) is 1. The highest BCUT2D eigenvalue weighted by Gasteiger charge is 2.16. The van der Waals surface area contributed by atoms with Gasteiger partial charge in [0.2, 0.25) is 11.4 Å². The van der Waals surface area contributed by atoms with Crippen LogP contribution in [0.15, 0.2) is 47.1 Å². The molecule has 6 heteroatoms. The molecule has 0 aliphatic carbocycles. The molecule has 3 aromatic rings.